The third-order valence-corrected chi connectivity index (χ3v) is 6.15. The van der Waals surface area contributed by atoms with Gasteiger partial charge in [-0.2, -0.15) is 22.6 Å². The zero-order valence-electron chi connectivity index (χ0n) is 16.4. The summed E-state index contributed by atoms with van der Waals surface area (Å²) in [6, 6.07) is 2.80. The van der Waals surface area contributed by atoms with Gasteiger partial charge in [0.05, 0.1) is 20.8 Å². The Balaban J connectivity index is 1.79. The minimum absolute atomic E-state index is 0.0275. The van der Waals surface area contributed by atoms with Crippen molar-refractivity contribution >= 4 is 57.9 Å². The Labute approximate surface area is 197 Å². The molecule has 1 aliphatic heterocycles. The highest BCUT2D eigenvalue weighted by atomic mass is 35.5. The molecule has 0 aromatic carbocycles. The maximum absolute atomic E-state index is 13.4. The number of hydrogen-bond acceptors (Lipinski definition) is 6. The molecule has 3 amide bonds. The van der Waals surface area contributed by atoms with Crippen LogP contribution in [0.15, 0.2) is 30.6 Å². The molecule has 3 aromatic heterocycles. The number of alkyl halides is 3. The zero-order chi connectivity index (χ0) is 23.9. The van der Waals surface area contributed by atoms with E-state index in [4.69, 9.17) is 23.2 Å². The zero-order valence-corrected chi connectivity index (χ0v) is 18.7. The maximum Gasteiger partial charge on any atom is 0.435 e. The third-order valence-electron chi connectivity index (χ3n) is 4.50. The second kappa shape index (κ2) is 8.65. The molecule has 0 bridgehead atoms. The van der Waals surface area contributed by atoms with Gasteiger partial charge in [0, 0.05) is 30.7 Å². The molecule has 1 unspecified atom stereocenters. The van der Waals surface area contributed by atoms with Gasteiger partial charge < -0.3 is 10.6 Å². The monoisotopic (exact) mass is 517 g/mol. The standard InChI is InChI=1S/C18H12Cl2F3N7O2S/c1-24-17(32)29-7-8-6-26-33-13(8)12(20)15(29)27-16(31)10-5-11(18(21,22)23)28-30(10)14-9(19)3-2-4-25-14/h2-7,15H,1H3,(H,24,32)(H,27,31). The highest BCUT2D eigenvalue weighted by Gasteiger charge is 2.38. The molecule has 1 aliphatic rings. The Morgan fingerprint density at radius 3 is 2.70 bits per heavy atom. The third kappa shape index (κ3) is 4.26. The van der Waals surface area contributed by atoms with Crippen LogP contribution >= 0.6 is 34.7 Å². The molecule has 0 saturated carbocycles. The van der Waals surface area contributed by atoms with Crippen LogP contribution in [-0.2, 0) is 6.18 Å². The van der Waals surface area contributed by atoms with E-state index in [0.717, 1.165) is 16.4 Å². The average Bonchev–Trinajstić information content (AvgIpc) is 3.42. The van der Waals surface area contributed by atoms with Crippen molar-refractivity contribution in [2.24, 2.45) is 0 Å². The van der Waals surface area contributed by atoms with Crippen molar-refractivity contribution in [3.63, 3.8) is 0 Å². The topological polar surface area (TPSA) is 105 Å². The maximum atomic E-state index is 13.4. The normalized spacial score (nSPS) is 15.6. The van der Waals surface area contributed by atoms with Crippen molar-refractivity contribution in [1.29, 1.82) is 0 Å². The van der Waals surface area contributed by atoms with Crippen LogP contribution in [0, 0.1) is 0 Å². The van der Waals surface area contributed by atoms with Crippen molar-refractivity contribution in [3.05, 3.63) is 56.8 Å². The van der Waals surface area contributed by atoms with Gasteiger partial charge in [0.25, 0.3) is 5.91 Å². The number of amides is 3. The molecule has 3 aromatic rings. The molecular formula is C18H12Cl2F3N7O2S. The van der Waals surface area contributed by atoms with Gasteiger partial charge in [-0.1, -0.05) is 23.2 Å². The number of rotatable bonds is 3. The molecule has 0 fully saturated rings. The molecule has 0 aliphatic carbocycles. The molecule has 4 heterocycles. The number of fused-ring (bicyclic) bond motifs is 1. The number of pyridine rings is 1. The van der Waals surface area contributed by atoms with Gasteiger partial charge in [0.2, 0.25) is 0 Å². The predicted molar refractivity (Wildman–Crippen MR) is 114 cm³/mol. The van der Waals surface area contributed by atoms with Crippen LogP contribution in [0.3, 0.4) is 0 Å². The number of carbonyl (C=O) groups is 2. The highest BCUT2D eigenvalue weighted by Crippen LogP contribution is 2.30. The number of aromatic nitrogens is 4. The van der Waals surface area contributed by atoms with Gasteiger partial charge in [-0.05, 0) is 23.7 Å². The molecule has 0 saturated heterocycles. The molecule has 9 nitrogen and oxygen atoms in total. The fraction of sp³-hybridized carbons (Fsp3) is 0.167. The van der Waals surface area contributed by atoms with E-state index < -0.39 is 35.7 Å². The Kier molecular flexibility index (Phi) is 6.03. The lowest BCUT2D eigenvalue weighted by atomic mass is 10.2. The van der Waals surface area contributed by atoms with Crippen molar-refractivity contribution in [2.45, 2.75) is 12.3 Å². The largest absolute Gasteiger partial charge is 0.435 e. The number of halogens is 5. The lowest BCUT2D eigenvalue weighted by molar-refractivity contribution is -0.141. The molecular weight excluding hydrogens is 506 g/mol. The molecule has 0 spiro atoms. The molecule has 15 heteroatoms. The van der Waals surface area contributed by atoms with E-state index in [1.165, 1.54) is 37.8 Å². The number of nitrogens with zero attached hydrogens (tertiary/aromatic N) is 5. The SMILES string of the molecule is CNC(=O)N1C=c2cnsc2=C(Cl)C1NC(=O)c1cc(C(F)(F)F)nn1-c1ncccc1Cl. The molecule has 33 heavy (non-hydrogen) atoms. The summed E-state index contributed by atoms with van der Waals surface area (Å²) in [4.78, 5) is 30.6. The molecule has 172 valence electrons. The molecule has 4 rings (SSSR count). The smallest absolute Gasteiger partial charge is 0.341 e. The van der Waals surface area contributed by atoms with Gasteiger partial charge in [-0.15, -0.1) is 0 Å². The molecule has 2 N–H and O–H groups in total. The second-order valence-electron chi connectivity index (χ2n) is 6.56. The van der Waals surface area contributed by atoms with Crippen LogP contribution in [0.25, 0.3) is 17.1 Å². The summed E-state index contributed by atoms with van der Waals surface area (Å²) in [5, 5.41) is 8.95. The summed E-state index contributed by atoms with van der Waals surface area (Å²) in [7, 11) is 1.37. The summed E-state index contributed by atoms with van der Waals surface area (Å²) in [6.45, 7) is 0. The minimum atomic E-state index is -4.84. The summed E-state index contributed by atoms with van der Waals surface area (Å²) in [5.41, 5.74) is -1.84. The fourth-order valence-corrected chi connectivity index (χ4v) is 4.26. The number of urea groups is 1. The van der Waals surface area contributed by atoms with Crippen LogP contribution in [0.4, 0.5) is 18.0 Å². The lowest BCUT2D eigenvalue weighted by Gasteiger charge is -2.30. The Morgan fingerprint density at radius 1 is 1.27 bits per heavy atom. The number of nitrogens with one attached hydrogen (secondary N) is 2. The van der Waals surface area contributed by atoms with E-state index in [2.05, 4.69) is 25.1 Å². The van der Waals surface area contributed by atoms with Crippen LogP contribution in [0.2, 0.25) is 5.02 Å². The summed E-state index contributed by atoms with van der Waals surface area (Å²) in [5.74, 6) is -1.18. The summed E-state index contributed by atoms with van der Waals surface area (Å²) in [6.07, 6.45) is -1.86. The first-order valence-electron chi connectivity index (χ1n) is 9.03. The van der Waals surface area contributed by atoms with Crippen LogP contribution in [0.5, 0.6) is 0 Å². The summed E-state index contributed by atoms with van der Waals surface area (Å²) >= 11 is 13.5. The van der Waals surface area contributed by atoms with Crippen molar-refractivity contribution < 1.29 is 22.8 Å². The summed E-state index contributed by atoms with van der Waals surface area (Å²) < 4.78 is 45.3. The Bertz CT molecular complexity index is 1370. The van der Waals surface area contributed by atoms with Crippen molar-refractivity contribution in [3.8, 4) is 5.82 Å². The van der Waals surface area contributed by atoms with E-state index in [9.17, 15) is 22.8 Å². The van der Waals surface area contributed by atoms with E-state index in [1.807, 2.05) is 0 Å². The Hall–Kier alpha value is -3.16. The van der Waals surface area contributed by atoms with Crippen LogP contribution in [-0.4, -0.2) is 49.2 Å². The van der Waals surface area contributed by atoms with E-state index in [-0.39, 0.29) is 15.9 Å². The van der Waals surface area contributed by atoms with Gasteiger partial charge in [-0.3, -0.25) is 9.69 Å². The minimum Gasteiger partial charge on any atom is -0.341 e. The predicted octanol–water partition coefficient (Wildman–Crippen LogP) is 1.89. The quantitative estimate of drug-likeness (QED) is 0.552. The van der Waals surface area contributed by atoms with E-state index >= 15 is 0 Å². The fourth-order valence-electron chi connectivity index (χ4n) is 3.00. The highest BCUT2D eigenvalue weighted by molar-refractivity contribution is 7.04. The van der Waals surface area contributed by atoms with E-state index in [0.29, 0.717) is 20.5 Å². The lowest BCUT2D eigenvalue weighted by Crippen LogP contribution is -2.55. The Morgan fingerprint density at radius 2 is 2.03 bits per heavy atom. The van der Waals surface area contributed by atoms with E-state index in [1.54, 1.807) is 0 Å². The number of hydrogen-bond donors (Lipinski definition) is 2. The van der Waals surface area contributed by atoms with Gasteiger partial charge in [-0.25, -0.2) is 14.5 Å². The van der Waals surface area contributed by atoms with Gasteiger partial charge in [0.1, 0.15) is 11.9 Å². The van der Waals surface area contributed by atoms with Crippen molar-refractivity contribution in [1.82, 2.24) is 34.7 Å². The average molecular weight is 518 g/mol. The van der Waals surface area contributed by atoms with Crippen LogP contribution in [0.1, 0.15) is 16.2 Å². The first-order chi connectivity index (χ1) is 15.6. The molecule has 0 radical (unpaired) electrons. The first kappa shape index (κ1) is 23.0. The first-order valence-corrected chi connectivity index (χ1v) is 10.6. The van der Waals surface area contributed by atoms with Gasteiger partial charge >= 0.3 is 12.2 Å². The van der Waals surface area contributed by atoms with Gasteiger partial charge in [0.15, 0.2) is 11.5 Å². The number of carbonyl (C=O) groups excluding carboxylic acids is 2. The van der Waals surface area contributed by atoms with Crippen LogP contribution < -0.4 is 20.4 Å². The van der Waals surface area contributed by atoms with Crippen molar-refractivity contribution in [2.75, 3.05) is 7.05 Å². The molecule has 1 atom stereocenters. The second-order valence-corrected chi connectivity index (χ2v) is 8.17.